The van der Waals surface area contributed by atoms with Crippen LogP contribution in [0.1, 0.15) is 79.0 Å². The summed E-state index contributed by atoms with van der Waals surface area (Å²) in [4.78, 5) is 9.84. The van der Waals surface area contributed by atoms with Gasteiger partial charge in [0.05, 0.1) is 16.6 Å². The van der Waals surface area contributed by atoms with Crippen molar-refractivity contribution < 1.29 is 4.39 Å². The number of aromatic nitrogens is 3. The molecule has 0 aliphatic heterocycles. The number of nitrogens with zero attached hydrogens (tertiary/aromatic N) is 3. The maximum Gasteiger partial charge on any atom is 0.148 e. The molecule has 2 heterocycles. The molecule has 0 atom stereocenters. The van der Waals surface area contributed by atoms with Gasteiger partial charge in [0.2, 0.25) is 0 Å². The standard InChI is InChI=1S/C27H32FN3/c1-24(2,3)16-12-10-11-15-21(16)29-14-31-22-18(30-23(15)31)13-17(28)19-20(22)26(6,7)27(8,9)25(19,4)5/h10-14H,1-9H3. The fourth-order valence-electron chi connectivity index (χ4n) is 5.74. The van der Waals surface area contributed by atoms with Gasteiger partial charge in [-0.15, -0.1) is 0 Å². The minimum atomic E-state index is -0.308. The SMILES string of the molecule is CC(C)(C)c1cccc2c1ncn1c2nc2cc(F)c3c(c21)C(C)(C)C(C)(C)C3(C)C. The van der Waals surface area contributed by atoms with Crippen LogP contribution >= 0.6 is 0 Å². The molecule has 5 rings (SSSR count). The summed E-state index contributed by atoms with van der Waals surface area (Å²) in [5, 5.41) is 1.01. The van der Waals surface area contributed by atoms with E-state index in [9.17, 15) is 0 Å². The Hall–Kier alpha value is -2.49. The number of imidazole rings is 1. The molecule has 0 radical (unpaired) electrons. The first-order chi connectivity index (χ1) is 14.2. The van der Waals surface area contributed by atoms with Crippen LogP contribution in [0.2, 0.25) is 0 Å². The summed E-state index contributed by atoms with van der Waals surface area (Å²) in [7, 11) is 0. The molecular formula is C27H32FN3. The van der Waals surface area contributed by atoms with Gasteiger partial charge in [-0.2, -0.15) is 0 Å². The number of fused-ring (bicyclic) bond motifs is 7. The average Bonchev–Trinajstić information content (AvgIpc) is 3.07. The van der Waals surface area contributed by atoms with Crippen LogP contribution in [-0.4, -0.2) is 14.4 Å². The summed E-state index contributed by atoms with van der Waals surface area (Å²) in [6, 6.07) is 7.92. The van der Waals surface area contributed by atoms with Gasteiger partial charge >= 0.3 is 0 Å². The lowest BCUT2D eigenvalue weighted by Crippen LogP contribution is -2.42. The molecule has 2 aromatic carbocycles. The van der Waals surface area contributed by atoms with Crippen LogP contribution in [0.25, 0.3) is 27.6 Å². The van der Waals surface area contributed by atoms with Crippen molar-refractivity contribution in [2.45, 2.75) is 78.6 Å². The lowest BCUT2D eigenvalue weighted by molar-refractivity contribution is 0.124. The monoisotopic (exact) mass is 417 g/mol. The van der Waals surface area contributed by atoms with E-state index in [4.69, 9.17) is 9.97 Å². The van der Waals surface area contributed by atoms with E-state index in [2.05, 4.69) is 84.9 Å². The van der Waals surface area contributed by atoms with Crippen LogP contribution < -0.4 is 0 Å². The highest BCUT2D eigenvalue weighted by Crippen LogP contribution is 2.63. The van der Waals surface area contributed by atoms with Gasteiger partial charge < -0.3 is 0 Å². The summed E-state index contributed by atoms with van der Waals surface area (Å²) >= 11 is 0. The molecule has 4 aromatic rings. The Labute approximate surface area is 183 Å². The Morgan fingerprint density at radius 1 is 0.935 bits per heavy atom. The number of para-hydroxylation sites is 1. The Morgan fingerprint density at radius 3 is 2.23 bits per heavy atom. The molecular weight excluding hydrogens is 385 g/mol. The van der Waals surface area contributed by atoms with Crippen molar-refractivity contribution in [1.29, 1.82) is 0 Å². The van der Waals surface area contributed by atoms with E-state index in [0.29, 0.717) is 5.52 Å². The molecule has 0 N–H and O–H groups in total. The van der Waals surface area contributed by atoms with Gasteiger partial charge in [0, 0.05) is 17.0 Å². The van der Waals surface area contributed by atoms with Crippen molar-refractivity contribution in [2.75, 3.05) is 0 Å². The second-order valence-corrected chi connectivity index (χ2v) is 11.9. The summed E-state index contributed by atoms with van der Waals surface area (Å²) in [5.74, 6) is -0.151. The van der Waals surface area contributed by atoms with Crippen LogP contribution in [0.3, 0.4) is 0 Å². The van der Waals surface area contributed by atoms with Crippen molar-refractivity contribution in [1.82, 2.24) is 14.4 Å². The quantitative estimate of drug-likeness (QED) is 0.306. The molecule has 4 heteroatoms. The van der Waals surface area contributed by atoms with Crippen molar-refractivity contribution in [3.05, 3.63) is 53.1 Å². The molecule has 1 aliphatic carbocycles. The Balaban J connectivity index is 1.99. The normalized spacial score (nSPS) is 19.4. The zero-order valence-corrected chi connectivity index (χ0v) is 20.1. The highest BCUT2D eigenvalue weighted by Gasteiger charge is 2.59. The van der Waals surface area contributed by atoms with Gasteiger partial charge in [0.1, 0.15) is 17.8 Å². The molecule has 1 aliphatic rings. The molecule has 0 amide bonds. The minimum absolute atomic E-state index is 0.0275. The zero-order chi connectivity index (χ0) is 22.7. The van der Waals surface area contributed by atoms with Crippen molar-refractivity contribution in [3.8, 4) is 0 Å². The largest absolute Gasteiger partial charge is 0.282 e. The highest BCUT2D eigenvalue weighted by molar-refractivity contribution is 5.99. The number of hydrogen-bond acceptors (Lipinski definition) is 2. The second kappa shape index (κ2) is 5.65. The third-order valence-corrected chi connectivity index (χ3v) is 8.69. The summed E-state index contributed by atoms with van der Waals surface area (Å²) in [6.07, 6.45) is 1.88. The van der Waals surface area contributed by atoms with E-state index in [1.54, 1.807) is 6.07 Å². The molecule has 162 valence electrons. The third-order valence-electron chi connectivity index (χ3n) is 8.69. The second-order valence-electron chi connectivity index (χ2n) is 11.9. The molecule has 2 aromatic heterocycles. The Morgan fingerprint density at radius 2 is 1.58 bits per heavy atom. The fraction of sp³-hybridized carbons (Fsp3) is 0.481. The zero-order valence-electron chi connectivity index (χ0n) is 20.1. The Kier molecular flexibility index (Phi) is 3.72. The first-order valence-electron chi connectivity index (χ1n) is 11.1. The van der Waals surface area contributed by atoms with E-state index in [-0.39, 0.29) is 27.5 Å². The summed E-state index contributed by atoms with van der Waals surface area (Å²) < 4.78 is 17.7. The van der Waals surface area contributed by atoms with Crippen LogP contribution in [0.5, 0.6) is 0 Å². The van der Waals surface area contributed by atoms with Crippen molar-refractivity contribution in [3.63, 3.8) is 0 Å². The van der Waals surface area contributed by atoms with Gasteiger partial charge in [0.15, 0.2) is 0 Å². The van der Waals surface area contributed by atoms with Gasteiger partial charge in [-0.1, -0.05) is 74.4 Å². The molecule has 0 fully saturated rings. The highest BCUT2D eigenvalue weighted by atomic mass is 19.1. The molecule has 0 spiro atoms. The van der Waals surface area contributed by atoms with Crippen LogP contribution in [0, 0.1) is 11.2 Å². The van der Waals surface area contributed by atoms with Gasteiger partial charge in [-0.05, 0) is 38.9 Å². The van der Waals surface area contributed by atoms with E-state index in [1.165, 1.54) is 5.56 Å². The van der Waals surface area contributed by atoms with Crippen LogP contribution in [0.4, 0.5) is 4.39 Å². The fourth-order valence-corrected chi connectivity index (χ4v) is 5.74. The van der Waals surface area contributed by atoms with E-state index < -0.39 is 0 Å². The number of halogens is 1. The molecule has 3 nitrogen and oxygen atoms in total. The maximum absolute atomic E-state index is 15.6. The van der Waals surface area contributed by atoms with E-state index >= 15 is 4.39 Å². The number of rotatable bonds is 0. The topological polar surface area (TPSA) is 30.2 Å². The van der Waals surface area contributed by atoms with Crippen molar-refractivity contribution >= 4 is 27.6 Å². The van der Waals surface area contributed by atoms with Crippen LogP contribution in [-0.2, 0) is 16.2 Å². The number of benzene rings is 2. The molecule has 0 unspecified atom stereocenters. The minimum Gasteiger partial charge on any atom is -0.282 e. The van der Waals surface area contributed by atoms with Gasteiger partial charge in [0.25, 0.3) is 0 Å². The number of hydrogen-bond donors (Lipinski definition) is 0. The maximum atomic E-state index is 15.6. The first kappa shape index (κ1) is 20.4. The lowest BCUT2D eigenvalue weighted by Gasteiger charge is -2.44. The average molecular weight is 418 g/mol. The predicted molar refractivity (Wildman–Crippen MR) is 126 cm³/mol. The lowest BCUT2D eigenvalue weighted by atomic mass is 9.59. The van der Waals surface area contributed by atoms with E-state index in [1.807, 2.05) is 6.33 Å². The van der Waals surface area contributed by atoms with E-state index in [0.717, 1.165) is 33.2 Å². The summed E-state index contributed by atoms with van der Waals surface area (Å²) in [5.41, 5.74) is 5.89. The molecule has 0 bridgehead atoms. The van der Waals surface area contributed by atoms with Gasteiger partial charge in [-0.25, -0.2) is 14.4 Å². The molecule has 31 heavy (non-hydrogen) atoms. The molecule has 0 saturated heterocycles. The predicted octanol–water partition coefficient (Wildman–Crippen LogP) is 7.07. The smallest absolute Gasteiger partial charge is 0.148 e. The first-order valence-corrected chi connectivity index (χ1v) is 11.1. The van der Waals surface area contributed by atoms with Crippen molar-refractivity contribution in [2.24, 2.45) is 5.41 Å². The van der Waals surface area contributed by atoms with Gasteiger partial charge in [-0.3, -0.25) is 4.40 Å². The summed E-state index contributed by atoms with van der Waals surface area (Å²) in [6.45, 7) is 19.9. The van der Waals surface area contributed by atoms with Crippen LogP contribution in [0.15, 0.2) is 30.6 Å². The Bertz CT molecular complexity index is 1400. The third kappa shape index (κ3) is 2.29. The molecule has 0 saturated carbocycles.